The summed E-state index contributed by atoms with van der Waals surface area (Å²) < 4.78 is 5.61. The minimum atomic E-state index is -0.138. The topological polar surface area (TPSA) is 58.6 Å². The summed E-state index contributed by atoms with van der Waals surface area (Å²) in [6, 6.07) is 7.19. The first-order valence-corrected chi connectivity index (χ1v) is 6.89. The van der Waals surface area contributed by atoms with Gasteiger partial charge in [0, 0.05) is 5.69 Å². The van der Waals surface area contributed by atoms with Crippen LogP contribution < -0.4 is 5.32 Å². The molecule has 0 aliphatic heterocycles. The van der Waals surface area contributed by atoms with Crippen LogP contribution in [-0.4, -0.2) is 23.7 Å². The van der Waals surface area contributed by atoms with Crippen molar-refractivity contribution in [3.8, 4) is 0 Å². The Morgan fingerprint density at radius 1 is 1.32 bits per heavy atom. The van der Waals surface area contributed by atoms with Gasteiger partial charge < -0.3 is 15.2 Å². The fourth-order valence-electron chi connectivity index (χ4n) is 2.37. The number of anilines is 1. The SMILES string of the molecule is O=C(COC1CCCCC1)Nc1cccc(CO)c1. The van der Waals surface area contributed by atoms with Gasteiger partial charge in [-0.1, -0.05) is 31.4 Å². The van der Waals surface area contributed by atoms with Gasteiger partial charge in [-0.25, -0.2) is 0 Å². The molecule has 0 heterocycles. The summed E-state index contributed by atoms with van der Waals surface area (Å²) in [5.41, 5.74) is 1.48. The average Bonchev–Trinajstić information content (AvgIpc) is 2.46. The van der Waals surface area contributed by atoms with Crippen LogP contribution >= 0.6 is 0 Å². The molecule has 0 bridgehead atoms. The number of amides is 1. The highest BCUT2D eigenvalue weighted by Crippen LogP contribution is 2.20. The standard InChI is InChI=1S/C15H21NO3/c17-10-12-5-4-6-13(9-12)16-15(18)11-19-14-7-2-1-3-8-14/h4-6,9,14,17H,1-3,7-8,10-11H2,(H,16,18). The Labute approximate surface area is 113 Å². The monoisotopic (exact) mass is 263 g/mol. The number of hydrogen-bond donors (Lipinski definition) is 2. The molecule has 0 spiro atoms. The van der Waals surface area contributed by atoms with E-state index in [0.29, 0.717) is 5.69 Å². The van der Waals surface area contributed by atoms with E-state index in [1.54, 1.807) is 12.1 Å². The van der Waals surface area contributed by atoms with E-state index < -0.39 is 0 Å². The van der Waals surface area contributed by atoms with Crippen molar-refractivity contribution in [3.63, 3.8) is 0 Å². The lowest BCUT2D eigenvalue weighted by atomic mass is 9.98. The van der Waals surface area contributed by atoms with E-state index in [9.17, 15) is 4.79 Å². The number of nitrogens with one attached hydrogen (secondary N) is 1. The average molecular weight is 263 g/mol. The number of ether oxygens (including phenoxy) is 1. The third-order valence-electron chi connectivity index (χ3n) is 3.40. The third kappa shape index (κ3) is 4.65. The molecule has 4 heteroatoms. The molecule has 4 nitrogen and oxygen atoms in total. The van der Waals surface area contributed by atoms with Crippen molar-refractivity contribution in [1.29, 1.82) is 0 Å². The summed E-state index contributed by atoms with van der Waals surface area (Å²) in [4.78, 5) is 11.8. The van der Waals surface area contributed by atoms with Gasteiger partial charge in [0.1, 0.15) is 6.61 Å². The van der Waals surface area contributed by atoms with Crippen LogP contribution in [0.15, 0.2) is 24.3 Å². The van der Waals surface area contributed by atoms with E-state index in [4.69, 9.17) is 9.84 Å². The predicted octanol–water partition coefficient (Wildman–Crippen LogP) is 2.47. The van der Waals surface area contributed by atoms with Gasteiger partial charge in [-0.15, -0.1) is 0 Å². The van der Waals surface area contributed by atoms with Gasteiger partial charge in [0.15, 0.2) is 0 Å². The summed E-state index contributed by atoms with van der Waals surface area (Å²) in [5.74, 6) is -0.138. The van der Waals surface area contributed by atoms with Gasteiger partial charge in [0.05, 0.1) is 12.7 Å². The molecule has 0 atom stereocenters. The second-order valence-electron chi connectivity index (χ2n) is 4.98. The molecule has 1 aliphatic rings. The normalized spacial score (nSPS) is 16.3. The molecular weight excluding hydrogens is 242 g/mol. The molecule has 1 aromatic rings. The summed E-state index contributed by atoms with van der Waals surface area (Å²) in [5, 5.41) is 11.8. The first kappa shape index (κ1) is 14.0. The van der Waals surface area contributed by atoms with Crippen LogP contribution in [0, 0.1) is 0 Å². The van der Waals surface area contributed by atoms with Crippen molar-refractivity contribution in [1.82, 2.24) is 0 Å². The van der Waals surface area contributed by atoms with E-state index in [-0.39, 0.29) is 25.2 Å². The maximum atomic E-state index is 11.8. The van der Waals surface area contributed by atoms with Crippen molar-refractivity contribution in [2.75, 3.05) is 11.9 Å². The van der Waals surface area contributed by atoms with Gasteiger partial charge in [-0.2, -0.15) is 0 Å². The largest absolute Gasteiger partial charge is 0.392 e. The Bertz CT molecular complexity index is 414. The molecule has 1 saturated carbocycles. The van der Waals surface area contributed by atoms with E-state index in [0.717, 1.165) is 18.4 Å². The van der Waals surface area contributed by atoms with Crippen molar-refractivity contribution in [2.24, 2.45) is 0 Å². The second kappa shape index (κ2) is 7.26. The zero-order valence-electron chi connectivity index (χ0n) is 11.1. The molecule has 1 aromatic carbocycles. The highest BCUT2D eigenvalue weighted by atomic mass is 16.5. The number of benzene rings is 1. The lowest BCUT2D eigenvalue weighted by molar-refractivity contribution is -0.123. The number of carbonyl (C=O) groups excluding carboxylic acids is 1. The number of rotatable bonds is 5. The number of aliphatic hydroxyl groups excluding tert-OH is 1. The molecule has 104 valence electrons. The summed E-state index contributed by atoms with van der Waals surface area (Å²) in [6.07, 6.45) is 6.04. The van der Waals surface area contributed by atoms with Crippen LogP contribution in [0.25, 0.3) is 0 Å². The van der Waals surface area contributed by atoms with Gasteiger partial charge in [-0.3, -0.25) is 4.79 Å². The van der Waals surface area contributed by atoms with Crippen LogP contribution in [0.1, 0.15) is 37.7 Å². The maximum absolute atomic E-state index is 11.8. The van der Waals surface area contributed by atoms with E-state index in [1.165, 1.54) is 19.3 Å². The predicted molar refractivity (Wildman–Crippen MR) is 73.8 cm³/mol. The zero-order chi connectivity index (χ0) is 13.5. The molecule has 0 unspecified atom stereocenters. The molecule has 19 heavy (non-hydrogen) atoms. The van der Waals surface area contributed by atoms with Crippen LogP contribution in [0.5, 0.6) is 0 Å². The van der Waals surface area contributed by atoms with Crippen LogP contribution in [-0.2, 0) is 16.1 Å². The lowest BCUT2D eigenvalue weighted by Crippen LogP contribution is -2.24. The first-order chi connectivity index (χ1) is 9.28. The highest BCUT2D eigenvalue weighted by molar-refractivity contribution is 5.91. The van der Waals surface area contributed by atoms with Gasteiger partial charge in [0.25, 0.3) is 0 Å². The van der Waals surface area contributed by atoms with Crippen molar-refractivity contribution in [2.45, 2.75) is 44.8 Å². The summed E-state index contributed by atoms with van der Waals surface area (Å²) in [7, 11) is 0. The smallest absolute Gasteiger partial charge is 0.250 e. The van der Waals surface area contributed by atoms with Crippen LogP contribution in [0.4, 0.5) is 5.69 Å². The van der Waals surface area contributed by atoms with Crippen molar-refractivity contribution in [3.05, 3.63) is 29.8 Å². The molecule has 0 saturated heterocycles. The molecule has 0 radical (unpaired) electrons. The van der Waals surface area contributed by atoms with Gasteiger partial charge in [0.2, 0.25) is 5.91 Å². The molecule has 1 amide bonds. The number of aliphatic hydroxyl groups is 1. The van der Waals surface area contributed by atoms with Gasteiger partial charge >= 0.3 is 0 Å². The van der Waals surface area contributed by atoms with Crippen LogP contribution in [0.3, 0.4) is 0 Å². The zero-order valence-corrected chi connectivity index (χ0v) is 11.1. The van der Waals surface area contributed by atoms with Gasteiger partial charge in [-0.05, 0) is 30.5 Å². The molecule has 0 aromatic heterocycles. The van der Waals surface area contributed by atoms with E-state index in [1.807, 2.05) is 12.1 Å². The Balaban J connectivity index is 1.76. The fourth-order valence-corrected chi connectivity index (χ4v) is 2.37. The Kier molecular flexibility index (Phi) is 5.36. The summed E-state index contributed by atoms with van der Waals surface area (Å²) in [6.45, 7) is 0.0797. The minimum Gasteiger partial charge on any atom is -0.392 e. The first-order valence-electron chi connectivity index (χ1n) is 6.89. The molecule has 2 N–H and O–H groups in total. The quantitative estimate of drug-likeness (QED) is 0.858. The van der Waals surface area contributed by atoms with Crippen LogP contribution in [0.2, 0.25) is 0 Å². The lowest BCUT2D eigenvalue weighted by Gasteiger charge is -2.21. The number of carbonyl (C=O) groups is 1. The Morgan fingerprint density at radius 3 is 2.84 bits per heavy atom. The van der Waals surface area contributed by atoms with Crippen molar-refractivity contribution < 1.29 is 14.6 Å². The Morgan fingerprint density at radius 2 is 2.11 bits per heavy atom. The van der Waals surface area contributed by atoms with E-state index in [2.05, 4.69) is 5.32 Å². The second-order valence-corrected chi connectivity index (χ2v) is 4.98. The third-order valence-corrected chi connectivity index (χ3v) is 3.40. The minimum absolute atomic E-state index is 0.0255. The molecule has 1 aliphatic carbocycles. The molecular formula is C15H21NO3. The number of hydrogen-bond acceptors (Lipinski definition) is 3. The highest BCUT2D eigenvalue weighted by Gasteiger charge is 2.15. The molecule has 1 fully saturated rings. The van der Waals surface area contributed by atoms with Crippen molar-refractivity contribution >= 4 is 11.6 Å². The van der Waals surface area contributed by atoms with E-state index >= 15 is 0 Å². The maximum Gasteiger partial charge on any atom is 0.250 e. The molecule has 2 rings (SSSR count). The Hall–Kier alpha value is -1.39. The fraction of sp³-hybridized carbons (Fsp3) is 0.533. The summed E-state index contributed by atoms with van der Waals surface area (Å²) >= 11 is 0.